The minimum atomic E-state index is -0.636. The highest BCUT2D eigenvalue weighted by Crippen LogP contribution is 2.25. The molecule has 8 heteroatoms. The Hall–Kier alpha value is -2.69. The molecule has 1 N–H and O–H groups in total. The molecular formula is C15H19N5O3. The smallest absolute Gasteiger partial charge is 0.328 e. The van der Waals surface area contributed by atoms with Crippen LogP contribution in [0, 0.1) is 21.4 Å². The molecule has 0 unspecified atom stereocenters. The highest BCUT2D eigenvalue weighted by Gasteiger charge is 2.24. The number of likely N-dealkylation sites (tertiary alicyclic amines) is 1. The Morgan fingerprint density at radius 2 is 2.39 bits per heavy atom. The fourth-order valence-corrected chi connectivity index (χ4v) is 2.76. The zero-order chi connectivity index (χ0) is 16.8. The van der Waals surface area contributed by atoms with E-state index in [9.17, 15) is 14.9 Å². The Bertz CT molecular complexity index is 640. The van der Waals surface area contributed by atoms with Gasteiger partial charge in [-0.15, -0.1) is 0 Å². The molecule has 23 heavy (non-hydrogen) atoms. The molecule has 1 aromatic rings. The summed E-state index contributed by atoms with van der Waals surface area (Å²) in [6.07, 6.45) is 4.74. The maximum absolute atomic E-state index is 12.2. The fourth-order valence-electron chi connectivity index (χ4n) is 2.76. The summed E-state index contributed by atoms with van der Waals surface area (Å²) < 4.78 is 0. The van der Waals surface area contributed by atoms with Gasteiger partial charge in [-0.2, -0.15) is 5.26 Å². The Labute approximate surface area is 134 Å². The topological polar surface area (TPSA) is 112 Å². The second-order valence-corrected chi connectivity index (χ2v) is 5.53. The fraction of sp³-hybridized carbons (Fsp3) is 0.533. The molecular weight excluding hydrogens is 298 g/mol. The molecule has 0 aliphatic carbocycles. The standard InChI is InChI=1S/C15H19N5O3/c1-11-4-2-3-9-19(11)13(21)6-8-18-15-14(20(22)23)12(10-16)5-7-17-15/h5,7,11H,2-4,6,8-9H2,1H3,(H,17,18)/t11-/m0/s1. The van der Waals surface area contributed by atoms with E-state index in [1.807, 2.05) is 11.8 Å². The van der Waals surface area contributed by atoms with E-state index >= 15 is 0 Å². The number of rotatable bonds is 5. The third-order valence-corrected chi connectivity index (χ3v) is 3.98. The monoisotopic (exact) mass is 317 g/mol. The summed E-state index contributed by atoms with van der Waals surface area (Å²) in [5.74, 6) is 0.0531. The normalized spacial score (nSPS) is 17.4. The van der Waals surface area contributed by atoms with Crippen molar-refractivity contribution in [2.75, 3.05) is 18.4 Å². The number of nitriles is 1. The first-order chi connectivity index (χ1) is 11.0. The van der Waals surface area contributed by atoms with Crippen molar-refractivity contribution in [3.63, 3.8) is 0 Å². The quantitative estimate of drug-likeness (QED) is 0.657. The van der Waals surface area contributed by atoms with Crippen LogP contribution in [0.4, 0.5) is 11.5 Å². The van der Waals surface area contributed by atoms with Crippen LogP contribution < -0.4 is 5.32 Å². The molecule has 1 saturated heterocycles. The van der Waals surface area contributed by atoms with Gasteiger partial charge in [-0.1, -0.05) is 0 Å². The molecule has 0 aromatic carbocycles. The van der Waals surface area contributed by atoms with Gasteiger partial charge in [-0.25, -0.2) is 4.98 Å². The number of nitrogens with one attached hydrogen (secondary N) is 1. The van der Waals surface area contributed by atoms with Gasteiger partial charge in [0.25, 0.3) is 0 Å². The van der Waals surface area contributed by atoms with Crippen molar-refractivity contribution < 1.29 is 9.72 Å². The van der Waals surface area contributed by atoms with Crippen molar-refractivity contribution in [3.05, 3.63) is 27.9 Å². The van der Waals surface area contributed by atoms with Gasteiger partial charge in [0, 0.05) is 31.7 Å². The van der Waals surface area contributed by atoms with E-state index in [0.717, 1.165) is 25.8 Å². The Morgan fingerprint density at radius 3 is 3.04 bits per heavy atom. The molecule has 1 fully saturated rings. The van der Waals surface area contributed by atoms with Crippen LogP contribution in [0.25, 0.3) is 0 Å². The van der Waals surface area contributed by atoms with Gasteiger partial charge in [-0.3, -0.25) is 14.9 Å². The Morgan fingerprint density at radius 1 is 1.61 bits per heavy atom. The predicted octanol–water partition coefficient (Wildman–Crippen LogP) is 2.06. The van der Waals surface area contributed by atoms with Crippen LogP contribution in [-0.4, -0.2) is 39.8 Å². The van der Waals surface area contributed by atoms with Crippen molar-refractivity contribution >= 4 is 17.4 Å². The number of amides is 1. The second kappa shape index (κ2) is 7.54. The molecule has 2 heterocycles. The molecule has 8 nitrogen and oxygen atoms in total. The van der Waals surface area contributed by atoms with E-state index in [0.29, 0.717) is 0 Å². The number of pyridine rings is 1. The number of hydrogen-bond acceptors (Lipinski definition) is 6. The summed E-state index contributed by atoms with van der Waals surface area (Å²) in [6, 6.07) is 3.31. The maximum Gasteiger partial charge on any atom is 0.328 e. The maximum atomic E-state index is 12.2. The van der Waals surface area contributed by atoms with Crippen molar-refractivity contribution in [2.45, 2.75) is 38.6 Å². The lowest BCUT2D eigenvalue weighted by Gasteiger charge is -2.33. The van der Waals surface area contributed by atoms with Crippen molar-refractivity contribution in [3.8, 4) is 6.07 Å². The number of aromatic nitrogens is 1. The largest absolute Gasteiger partial charge is 0.364 e. The third-order valence-electron chi connectivity index (χ3n) is 3.98. The van der Waals surface area contributed by atoms with Crippen molar-refractivity contribution in [2.24, 2.45) is 0 Å². The zero-order valence-corrected chi connectivity index (χ0v) is 13.0. The molecule has 0 bridgehead atoms. The van der Waals surface area contributed by atoms with E-state index in [2.05, 4.69) is 10.3 Å². The SMILES string of the molecule is C[C@H]1CCCCN1C(=O)CCNc1nccc(C#N)c1[N+](=O)[O-]. The van der Waals surface area contributed by atoms with Crippen LogP contribution in [0.2, 0.25) is 0 Å². The van der Waals surface area contributed by atoms with E-state index in [1.165, 1.54) is 12.3 Å². The van der Waals surface area contributed by atoms with Crippen molar-refractivity contribution in [1.29, 1.82) is 5.26 Å². The van der Waals surface area contributed by atoms with Crippen LogP contribution in [0.5, 0.6) is 0 Å². The lowest BCUT2D eigenvalue weighted by Crippen LogP contribution is -2.42. The molecule has 1 aromatic heterocycles. The summed E-state index contributed by atoms with van der Waals surface area (Å²) in [6.45, 7) is 3.04. The Kier molecular flexibility index (Phi) is 5.46. The van der Waals surface area contributed by atoms with Gasteiger partial charge in [0.05, 0.1) is 4.92 Å². The molecule has 1 aliphatic heterocycles. The summed E-state index contributed by atoms with van der Waals surface area (Å²) >= 11 is 0. The first-order valence-electron chi connectivity index (χ1n) is 7.61. The van der Waals surface area contributed by atoms with Gasteiger partial charge in [0.15, 0.2) is 0 Å². The number of nitro groups is 1. The van der Waals surface area contributed by atoms with E-state index in [4.69, 9.17) is 5.26 Å². The van der Waals surface area contributed by atoms with E-state index < -0.39 is 4.92 Å². The third kappa shape index (κ3) is 3.94. The van der Waals surface area contributed by atoms with Crippen LogP contribution >= 0.6 is 0 Å². The molecule has 1 atom stereocenters. The summed E-state index contributed by atoms with van der Waals surface area (Å²) in [4.78, 5) is 28.4. The zero-order valence-electron chi connectivity index (χ0n) is 13.0. The lowest BCUT2D eigenvalue weighted by molar-refractivity contribution is -0.384. The van der Waals surface area contributed by atoms with Crippen LogP contribution in [-0.2, 0) is 4.79 Å². The average Bonchev–Trinajstić information content (AvgIpc) is 2.54. The number of anilines is 1. The van der Waals surface area contributed by atoms with Gasteiger partial charge < -0.3 is 10.2 Å². The minimum absolute atomic E-state index is 0.0218. The second-order valence-electron chi connectivity index (χ2n) is 5.53. The van der Waals surface area contributed by atoms with E-state index in [-0.39, 0.29) is 42.0 Å². The Balaban J connectivity index is 1.98. The average molecular weight is 317 g/mol. The molecule has 0 spiro atoms. The first kappa shape index (κ1) is 16.7. The molecule has 0 radical (unpaired) electrons. The summed E-state index contributed by atoms with van der Waals surface area (Å²) in [7, 11) is 0. The molecule has 122 valence electrons. The lowest BCUT2D eigenvalue weighted by atomic mass is 10.0. The molecule has 2 rings (SSSR count). The predicted molar refractivity (Wildman–Crippen MR) is 83.7 cm³/mol. The highest BCUT2D eigenvalue weighted by atomic mass is 16.6. The number of nitrogens with zero attached hydrogens (tertiary/aromatic N) is 4. The van der Waals surface area contributed by atoms with Gasteiger partial charge >= 0.3 is 5.69 Å². The van der Waals surface area contributed by atoms with Crippen LogP contribution in [0.1, 0.15) is 38.2 Å². The van der Waals surface area contributed by atoms with E-state index in [1.54, 1.807) is 6.07 Å². The first-order valence-corrected chi connectivity index (χ1v) is 7.61. The number of hydrogen-bond donors (Lipinski definition) is 1. The van der Waals surface area contributed by atoms with Gasteiger partial charge in [0.1, 0.15) is 11.6 Å². The summed E-state index contributed by atoms with van der Waals surface area (Å²) in [5, 5.41) is 22.8. The summed E-state index contributed by atoms with van der Waals surface area (Å²) in [5.41, 5.74) is -0.405. The van der Waals surface area contributed by atoms with Crippen LogP contribution in [0.3, 0.4) is 0 Å². The van der Waals surface area contributed by atoms with Crippen molar-refractivity contribution in [1.82, 2.24) is 9.88 Å². The number of carbonyl (C=O) groups excluding carboxylic acids is 1. The number of carbonyl (C=O) groups is 1. The van der Waals surface area contributed by atoms with Gasteiger partial charge in [0.2, 0.25) is 11.7 Å². The molecule has 1 aliphatic rings. The minimum Gasteiger partial charge on any atom is -0.364 e. The molecule has 0 saturated carbocycles. The number of piperidine rings is 1. The molecule has 1 amide bonds. The van der Waals surface area contributed by atoms with Gasteiger partial charge in [-0.05, 0) is 32.3 Å². The van der Waals surface area contributed by atoms with Crippen LogP contribution in [0.15, 0.2) is 12.3 Å². The highest BCUT2D eigenvalue weighted by molar-refractivity contribution is 5.77.